The van der Waals surface area contributed by atoms with Crippen molar-refractivity contribution in [3.8, 4) is 11.5 Å². The van der Waals surface area contributed by atoms with Gasteiger partial charge in [0, 0.05) is 12.1 Å². The quantitative estimate of drug-likeness (QED) is 0.552. The van der Waals surface area contributed by atoms with Crippen LogP contribution in [0.25, 0.3) is 10.2 Å². The Morgan fingerprint density at radius 1 is 1.20 bits per heavy atom. The molecular weight excluding hydrogens is 435 g/mol. The molecule has 2 aromatic carbocycles. The van der Waals surface area contributed by atoms with Gasteiger partial charge in [0.25, 0.3) is 10.0 Å². The summed E-state index contributed by atoms with van der Waals surface area (Å²) in [5.74, 6) is -0.0604. The highest BCUT2D eigenvalue weighted by Gasteiger charge is 2.20. The molecule has 11 heteroatoms. The molecule has 0 aliphatic carbocycles. The Hall–Kier alpha value is -2.92. The molecule has 8 nitrogen and oxygen atoms in total. The van der Waals surface area contributed by atoms with Crippen LogP contribution in [0, 0.1) is 5.82 Å². The van der Waals surface area contributed by atoms with Crippen LogP contribution in [0.3, 0.4) is 0 Å². The molecule has 1 aliphatic heterocycles. The Balaban J connectivity index is 1.89. The molecule has 0 spiro atoms. The first-order valence-electron chi connectivity index (χ1n) is 9.02. The lowest BCUT2D eigenvalue weighted by Crippen LogP contribution is -2.23. The summed E-state index contributed by atoms with van der Waals surface area (Å²) in [6, 6.07) is 7.77. The summed E-state index contributed by atoms with van der Waals surface area (Å²) < 4.78 is 60.9. The maximum atomic E-state index is 13.2. The van der Waals surface area contributed by atoms with Crippen LogP contribution in [-0.2, 0) is 26.1 Å². The summed E-state index contributed by atoms with van der Waals surface area (Å²) in [6.07, 6.45) is 0. The molecule has 0 N–H and O–H groups in total. The average Bonchev–Trinajstić information content (AvgIpc) is 3.02. The number of sulfonamides is 1. The molecule has 0 fully saturated rings. The van der Waals surface area contributed by atoms with Crippen LogP contribution < -0.4 is 14.3 Å². The van der Waals surface area contributed by atoms with Gasteiger partial charge in [-0.3, -0.25) is 4.79 Å². The SMILES string of the molecule is CCOC(=O)Cn1c(=NS(=O)(=O)c2ccc(F)cc2)sc2cc3c(cc21)OCCO3. The predicted octanol–water partition coefficient (Wildman–Crippen LogP) is 2.47. The first-order valence-corrected chi connectivity index (χ1v) is 11.3. The van der Waals surface area contributed by atoms with Crippen LogP contribution in [0.2, 0.25) is 0 Å². The van der Waals surface area contributed by atoms with E-state index in [4.69, 9.17) is 14.2 Å². The number of carbonyl (C=O) groups excluding carboxylic acids is 1. The lowest BCUT2D eigenvalue weighted by molar-refractivity contribution is -0.143. The Bertz CT molecular complexity index is 1280. The minimum Gasteiger partial charge on any atom is -0.486 e. The van der Waals surface area contributed by atoms with E-state index in [-0.39, 0.29) is 22.8 Å². The van der Waals surface area contributed by atoms with Crippen molar-refractivity contribution in [2.24, 2.45) is 4.40 Å². The summed E-state index contributed by atoms with van der Waals surface area (Å²) in [7, 11) is -4.13. The topological polar surface area (TPSA) is 96.2 Å². The fraction of sp³-hybridized carbons (Fsp3) is 0.263. The molecule has 2 heterocycles. The highest BCUT2D eigenvalue weighted by molar-refractivity contribution is 7.90. The van der Waals surface area contributed by atoms with Crippen LogP contribution in [0.1, 0.15) is 6.92 Å². The van der Waals surface area contributed by atoms with Crippen LogP contribution in [0.4, 0.5) is 4.39 Å². The van der Waals surface area contributed by atoms with E-state index < -0.39 is 21.8 Å². The van der Waals surface area contributed by atoms with Crippen molar-refractivity contribution < 1.29 is 31.8 Å². The Morgan fingerprint density at radius 2 is 1.87 bits per heavy atom. The zero-order valence-corrected chi connectivity index (χ0v) is 17.5. The molecule has 0 saturated carbocycles. The van der Waals surface area contributed by atoms with Gasteiger partial charge in [-0.25, -0.2) is 4.39 Å². The van der Waals surface area contributed by atoms with Gasteiger partial charge in [0.05, 0.1) is 21.7 Å². The molecule has 0 amide bonds. The van der Waals surface area contributed by atoms with Crippen molar-refractivity contribution in [1.82, 2.24) is 4.57 Å². The molecule has 30 heavy (non-hydrogen) atoms. The van der Waals surface area contributed by atoms with Gasteiger partial charge in [0.15, 0.2) is 11.5 Å². The number of benzene rings is 2. The van der Waals surface area contributed by atoms with Crippen molar-refractivity contribution in [3.63, 3.8) is 0 Å². The van der Waals surface area contributed by atoms with E-state index in [1.807, 2.05) is 0 Å². The summed E-state index contributed by atoms with van der Waals surface area (Å²) in [4.78, 5) is 12.1. The molecule has 1 aliphatic rings. The van der Waals surface area contributed by atoms with Crippen LogP contribution in [0.15, 0.2) is 45.7 Å². The van der Waals surface area contributed by atoms with E-state index in [1.165, 1.54) is 4.57 Å². The molecule has 4 rings (SSSR count). The van der Waals surface area contributed by atoms with E-state index in [9.17, 15) is 17.6 Å². The number of ether oxygens (including phenoxy) is 3. The molecule has 0 bridgehead atoms. The number of thiazole rings is 1. The van der Waals surface area contributed by atoms with Gasteiger partial charge in [-0.05, 0) is 31.2 Å². The smallest absolute Gasteiger partial charge is 0.326 e. The third-order valence-corrected chi connectivity index (χ3v) is 6.69. The zero-order chi connectivity index (χ0) is 21.3. The lowest BCUT2D eigenvalue weighted by atomic mass is 10.2. The van der Waals surface area contributed by atoms with Gasteiger partial charge in [-0.1, -0.05) is 11.3 Å². The third-order valence-electron chi connectivity index (χ3n) is 4.25. The fourth-order valence-corrected chi connectivity index (χ4v) is 5.17. The normalized spacial score (nSPS) is 14.1. The minimum atomic E-state index is -4.13. The Labute approximate surface area is 175 Å². The maximum Gasteiger partial charge on any atom is 0.326 e. The average molecular weight is 452 g/mol. The fourth-order valence-electron chi connectivity index (χ4n) is 2.93. The Kier molecular flexibility index (Phi) is 5.48. The van der Waals surface area contributed by atoms with E-state index in [1.54, 1.807) is 19.1 Å². The first kappa shape index (κ1) is 20.4. The number of halogens is 1. The highest BCUT2D eigenvalue weighted by atomic mass is 32.2. The number of nitrogens with zero attached hydrogens (tertiary/aromatic N) is 2. The number of rotatable bonds is 5. The molecule has 158 valence electrons. The molecular formula is C19H17FN2O6S2. The van der Waals surface area contributed by atoms with Crippen molar-refractivity contribution in [2.75, 3.05) is 19.8 Å². The van der Waals surface area contributed by atoms with Gasteiger partial charge in [0.2, 0.25) is 4.80 Å². The summed E-state index contributed by atoms with van der Waals surface area (Å²) >= 11 is 1.08. The van der Waals surface area contributed by atoms with Crippen molar-refractivity contribution in [2.45, 2.75) is 18.4 Å². The standard InChI is InChI=1S/C19H17FN2O6S2/c1-2-26-18(23)11-22-14-9-15-16(28-8-7-27-15)10-17(14)29-19(22)21-30(24,25)13-5-3-12(20)4-6-13/h3-6,9-10H,2,7-8,11H2,1H3. The largest absolute Gasteiger partial charge is 0.486 e. The number of esters is 1. The number of carbonyl (C=O) groups is 1. The van der Waals surface area contributed by atoms with Gasteiger partial charge < -0.3 is 18.8 Å². The van der Waals surface area contributed by atoms with Crippen molar-refractivity contribution in [1.29, 1.82) is 0 Å². The number of aromatic nitrogens is 1. The summed E-state index contributed by atoms with van der Waals surface area (Å²) in [5.41, 5.74) is 0.561. The number of hydrogen-bond donors (Lipinski definition) is 0. The van der Waals surface area contributed by atoms with E-state index in [0.717, 1.165) is 35.6 Å². The monoisotopic (exact) mass is 452 g/mol. The Morgan fingerprint density at radius 3 is 2.53 bits per heavy atom. The lowest BCUT2D eigenvalue weighted by Gasteiger charge is -2.18. The van der Waals surface area contributed by atoms with Gasteiger partial charge in [-0.15, -0.1) is 4.40 Å². The van der Waals surface area contributed by atoms with E-state index in [2.05, 4.69) is 4.40 Å². The maximum absolute atomic E-state index is 13.2. The third kappa shape index (κ3) is 4.03. The molecule has 0 unspecified atom stereocenters. The second-order valence-electron chi connectivity index (χ2n) is 6.26. The van der Waals surface area contributed by atoms with Crippen LogP contribution in [-0.4, -0.2) is 38.8 Å². The predicted molar refractivity (Wildman–Crippen MR) is 107 cm³/mol. The van der Waals surface area contributed by atoms with Crippen molar-refractivity contribution in [3.05, 3.63) is 47.0 Å². The molecule has 0 atom stereocenters. The minimum absolute atomic E-state index is 0.0738. The summed E-state index contributed by atoms with van der Waals surface area (Å²) in [6.45, 7) is 2.43. The second kappa shape index (κ2) is 8.07. The molecule has 0 saturated heterocycles. The first-order chi connectivity index (χ1) is 14.4. The number of fused-ring (bicyclic) bond motifs is 2. The zero-order valence-electron chi connectivity index (χ0n) is 15.8. The molecule has 0 radical (unpaired) electrons. The van der Waals surface area contributed by atoms with Gasteiger partial charge in [-0.2, -0.15) is 8.42 Å². The molecule has 1 aromatic heterocycles. The highest BCUT2D eigenvalue weighted by Crippen LogP contribution is 2.35. The molecule has 3 aromatic rings. The van der Waals surface area contributed by atoms with Crippen LogP contribution >= 0.6 is 11.3 Å². The van der Waals surface area contributed by atoms with E-state index in [0.29, 0.717) is 34.9 Å². The van der Waals surface area contributed by atoms with Gasteiger partial charge >= 0.3 is 5.97 Å². The second-order valence-corrected chi connectivity index (χ2v) is 8.87. The van der Waals surface area contributed by atoms with E-state index >= 15 is 0 Å². The van der Waals surface area contributed by atoms with Crippen LogP contribution in [0.5, 0.6) is 11.5 Å². The summed E-state index contributed by atoms with van der Waals surface area (Å²) in [5, 5.41) is 0. The van der Waals surface area contributed by atoms with Gasteiger partial charge in [0.1, 0.15) is 25.6 Å². The van der Waals surface area contributed by atoms with Crippen molar-refractivity contribution >= 4 is 37.5 Å². The number of hydrogen-bond acceptors (Lipinski definition) is 7.